The van der Waals surface area contributed by atoms with Crippen LogP contribution in [-0.2, 0) is 11.1 Å². The maximum atomic E-state index is 11.5. The Balaban J connectivity index is 0.00000324. The van der Waals surface area contributed by atoms with E-state index in [9.17, 15) is 8.76 Å². The standard InChI is InChI=1S/C15H24O2S.Na.H/c1-9(2)12-7-8-13(18(16)17)15(11(5)6)14(12)10(3)4;;/h7-11H,1-6H3,(H,16,17);;. The molecule has 1 N–H and O–H groups in total. The van der Waals surface area contributed by atoms with E-state index in [0.29, 0.717) is 16.7 Å². The quantitative estimate of drug-likeness (QED) is 0.673. The molecule has 1 atom stereocenters. The van der Waals surface area contributed by atoms with Gasteiger partial charge < -0.3 is 4.55 Å². The van der Waals surface area contributed by atoms with Gasteiger partial charge in [-0.2, -0.15) is 0 Å². The summed E-state index contributed by atoms with van der Waals surface area (Å²) >= 11 is -1.91. The average Bonchev–Trinajstić information content (AvgIpc) is 2.26. The Bertz CT molecular complexity index is 454. The minimum atomic E-state index is -1.91. The molecule has 19 heavy (non-hydrogen) atoms. The molecule has 0 saturated heterocycles. The Labute approximate surface area is 142 Å². The molecule has 0 spiro atoms. The summed E-state index contributed by atoms with van der Waals surface area (Å²) in [5, 5.41) is 0. The normalized spacial score (nSPS) is 12.9. The van der Waals surface area contributed by atoms with Crippen LogP contribution in [0.5, 0.6) is 0 Å². The SMILES string of the molecule is CC(C)c1ccc(S(=O)O)c(C(C)C)c1C(C)C.[NaH]. The van der Waals surface area contributed by atoms with Crippen molar-refractivity contribution in [3.8, 4) is 0 Å². The Hall–Kier alpha value is 0.330. The molecule has 0 saturated carbocycles. The van der Waals surface area contributed by atoms with Crippen LogP contribution in [0.15, 0.2) is 17.0 Å². The van der Waals surface area contributed by atoms with Gasteiger partial charge in [0.15, 0.2) is 11.1 Å². The van der Waals surface area contributed by atoms with Crippen molar-refractivity contribution in [1.82, 2.24) is 0 Å². The monoisotopic (exact) mass is 292 g/mol. The molecule has 0 bridgehead atoms. The molecule has 0 fully saturated rings. The fourth-order valence-electron chi connectivity index (χ4n) is 2.53. The van der Waals surface area contributed by atoms with Crippen LogP contribution in [-0.4, -0.2) is 38.3 Å². The molecule has 0 aromatic heterocycles. The fourth-order valence-corrected chi connectivity index (χ4v) is 3.25. The van der Waals surface area contributed by atoms with Crippen LogP contribution in [0, 0.1) is 0 Å². The zero-order valence-electron chi connectivity index (χ0n) is 12.2. The molecule has 4 heteroatoms. The van der Waals surface area contributed by atoms with Crippen molar-refractivity contribution in [3.05, 3.63) is 28.8 Å². The van der Waals surface area contributed by atoms with Gasteiger partial charge in [0.1, 0.15) is 0 Å². The van der Waals surface area contributed by atoms with Crippen LogP contribution in [0.2, 0.25) is 0 Å². The number of rotatable bonds is 4. The van der Waals surface area contributed by atoms with Crippen LogP contribution in [0.3, 0.4) is 0 Å². The first kappa shape index (κ1) is 19.3. The zero-order chi connectivity index (χ0) is 14.0. The molecule has 0 heterocycles. The molecule has 0 radical (unpaired) electrons. The van der Waals surface area contributed by atoms with E-state index in [-0.39, 0.29) is 35.5 Å². The third-order valence-electron chi connectivity index (χ3n) is 3.25. The van der Waals surface area contributed by atoms with Gasteiger partial charge in [-0.25, -0.2) is 4.21 Å². The number of hydrogen-bond acceptors (Lipinski definition) is 1. The van der Waals surface area contributed by atoms with Gasteiger partial charge in [0.2, 0.25) is 0 Å². The van der Waals surface area contributed by atoms with Gasteiger partial charge in [-0.05, 0) is 40.5 Å². The van der Waals surface area contributed by atoms with E-state index in [2.05, 4.69) is 41.5 Å². The molecular formula is C15H25NaO2S. The molecule has 0 aliphatic carbocycles. The molecular weight excluding hydrogens is 267 g/mol. The van der Waals surface area contributed by atoms with Crippen LogP contribution in [0.1, 0.15) is 76.0 Å². The molecule has 0 aliphatic rings. The van der Waals surface area contributed by atoms with Crippen molar-refractivity contribution >= 4 is 40.6 Å². The first-order chi connectivity index (χ1) is 8.27. The first-order valence-electron chi connectivity index (χ1n) is 6.54. The fraction of sp³-hybridized carbons (Fsp3) is 0.600. The van der Waals surface area contributed by atoms with Crippen molar-refractivity contribution in [3.63, 3.8) is 0 Å². The van der Waals surface area contributed by atoms with Crippen LogP contribution in [0.4, 0.5) is 0 Å². The van der Waals surface area contributed by atoms with E-state index >= 15 is 0 Å². The van der Waals surface area contributed by atoms with E-state index in [1.54, 1.807) is 0 Å². The summed E-state index contributed by atoms with van der Waals surface area (Å²) in [5.41, 5.74) is 3.60. The van der Waals surface area contributed by atoms with Crippen molar-refractivity contribution < 1.29 is 8.76 Å². The second kappa shape index (κ2) is 7.94. The van der Waals surface area contributed by atoms with Gasteiger partial charge in [-0.3, -0.25) is 0 Å². The van der Waals surface area contributed by atoms with Crippen molar-refractivity contribution in [2.75, 3.05) is 0 Å². The average molecular weight is 292 g/mol. The van der Waals surface area contributed by atoms with Gasteiger partial charge in [-0.15, -0.1) is 0 Å². The minimum absolute atomic E-state index is 0. The van der Waals surface area contributed by atoms with E-state index in [1.165, 1.54) is 11.1 Å². The Kier molecular flexibility index (Phi) is 8.08. The summed E-state index contributed by atoms with van der Waals surface area (Å²) in [6, 6.07) is 3.82. The molecule has 1 rings (SSSR count). The van der Waals surface area contributed by atoms with Crippen molar-refractivity contribution in [2.45, 2.75) is 64.2 Å². The Morgan fingerprint density at radius 3 is 1.68 bits per heavy atom. The molecule has 0 aliphatic heterocycles. The molecule has 2 nitrogen and oxygen atoms in total. The summed E-state index contributed by atoms with van der Waals surface area (Å²) in [4.78, 5) is 0.568. The summed E-state index contributed by atoms with van der Waals surface area (Å²) in [6.45, 7) is 12.8. The maximum absolute atomic E-state index is 11.5. The molecule has 104 valence electrons. The molecule has 1 aromatic rings. The van der Waals surface area contributed by atoms with Gasteiger partial charge in [0, 0.05) is 0 Å². The van der Waals surface area contributed by atoms with E-state index in [0.717, 1.165) is 5.56 Å². The summed E-state index contributed by atoms with van der Waals surface area (Å²) in [5.74, 6) is 1.05. The summed E-state index contributed by atoms with van der Waals surface area (Å²) in [6.07, 6.45) is 0. The predicted molar refractivity (Wildman–Crippen MR) is 84.9 cm³/mol. The van der Waals surface area contributed by atoms with Crippen molar-refractivity contribution in [2.24, 2.45) is 0 Å². The molecule has 1 aromatic carbocycles. The van der Waals surface area contributed by atoms with E-state index in [1.807, 2.05) is 12.1 Å². The molecule has 1 unspecified atom stereocenters. The second-order valence-corrected chi connectivity index (χ2v) is 6.63. The Morgan fingerprint density at radius 2 is 1.37 bits per heavy atom. The Morgan fingerprint density at radius 1 is 0.895 bits per heavy atom. The number of benzene rings is 1. The van der Waals surface area contributed by atoms with Crippen LogP contribution >= 0.6 is 0 Å². The van der Waals surface area contributed by atoms with Gasteiger partial charge >= 0.3 is 29.6 Å². The zero-order valence-corrected chi connectivity index (χ0v) is 13.0. The summed E-state index contributed by atoms with van der Waals surface area (Å²) < 4.78 is 21.0. The third kappa shape index (κ3) is 4.40. The topological polar surface area (TPSA) is 37.3 Å². The van der Waals surface area contributed by atoms with Crippen molar-refractivity contribution in [1.29, 1.82) is 0 Å². The third-order valence-corrected chi connectivity index (χ3v) is 3.98. The molecule has 0 amide bonds. The van der Waals surface area contributed by atoms with Crippen LogP contribution in [0.25, 0.3) is 0 Å². The summed E-state index contributed by atoms with van der Waals surface area (Å²) in [7, 11) is 0. The first-order valence-corrected chi connectivity index (χ1v) is 7.65. The van der Waals surface area contributed by atoms with Gasteiger partial charge in [-0.1, -0.05) is 47.6 Å². The predicted octanol–water partition coefficient (Wildman–Crippen LogP) is 3.99. The van der Waals surface area contributed by atoms with E-state index < -0.39 is 11.1 Å². The van der Waals surface area contributed by atoms with Crippen LogP contribution < -0.4 is 0 Å². The van der Waals surface area contributed by atoms with Gasteiger partial charge in [0.25, 0.3) is 0 Å². The van der Waals surface area contributed by atoms with E-state index in [4.69, 9.17) is 0 Å². The second-order valence-electron chi connectivity index (χ2n) is 5.69. The number of hydrogen-bond donors (Lipinski definition) is 1. The van der Waals surface area contributed by atoms with Gasteiger partial charge in [0.05, 0.1) is 4.90 Å².